The van der Waals surface area contributed by atoms with Crippen LogP contribution in [0, 0.1) is 0 Å². The third-order valence-corrected chi connectivity index (χ3v) is 7.20. The van der Waals surface area contributed by atoms with E-state index in [9.17, 15) is 13.2 Å². The van der Waals surface area contributed by atoms with Gasteiger partial charge < -0.3 is 14.8 Å². The maximum atomic E-state index is 13.2. The van der Waals surface area contributed by atoms with Crippen LogP contribution in [0.3, 0.4) is 0 Å². The van der Waals surface area contributed by atoms with Crippen LogP contribution in [0.1, 0.15) is 10.4 Å². The molecular formula is C22H20Cl2N2O5S. The molecule has 0 aliphatic carbocycles. The molecule has 1 amide bonds. The molecule has 1 N–H and O–H groups in total. The van der Waals surface area contributed by atoms with Gasteiger partial charge >= 0.3 is 0 Å². The lowest BCUT2D eigenvalue weighted by atomic mass is 10.2. The predicted molar refractivity (Wildman–Crippen MR) is 126 cm³/mol. The highest BCUT2D eigenvalue weighted by Gasteiger charge is 2.26. The van der Waals surface area contributed by atoms with Gasteiger partial charge in [-0.25, -0.2) is 8.42 Å². The second-order valence-corrected chi connectivity index (χ2v) is 9.40. The minimum atomic E-state index is -4.05. The molecule has 0 saturated carbocycles. The van der Waals surface area contributed by atoms with Crippen LogP contribution in [0.2, 0.25) is 10.0 Å². The lowest BCUT2D eigenvalue weighted by Crippen LogP contribution is -2.27. The lowest BCUT2D eigenvalue weighted by Gasteiger charge is -2.20. The summed E-state index contributed by atoms with van der Waals surface area (Å²) in [7, 11) is 0.323. The van der Waals surface area contributed by atoms with E-state index in [1.54, 1.807) is 42.5 Å². The Morgan fingerprint density at radius 2 is 1.62 bits per heavy atom. The average molecular weight is 495 g/mol. The number of nitrogens with one attached hydrogen (secondary N) is 1. The Balaban J connectivity index is 1.93. The van der Waals surface area contributed by atoms with Crippen LogP contribution >= 0.6 is 23.2 Å². The zero-order valence-electron chi connectivity index (χ0n) is 17.4. The summed E-state index contributed by atoms with van der Waals surface area (Å²) >= 11 is 12.1. The SMILES string of the molecule is COc1ccc(NC(=O)c2ccc(Cl)c(S(=O)(=O)N(C)c3ccc(Cl)cc3)c2)c(OC)c1. The fourth-order valence-corrected chi connectivity index (χ4v) is 4.70. The van der Waals surface area contributed by atoms with E-state index in [0.29, 0.717) is 27.9 Å². The summed E-state index contributed by atoms with van der Waals surface area (Å²) in [5, 5.41) is 3.18. The van der Waals surface area contributed by atoms with Gasteiger partial charge in [0.2, 0.25) is 0 Å². The Morgan fingerprint density at radius 3 is 2.25 bits per heavy atom. The molecule has 0 spiro atoms. The third kappa shape index (κ3) is 4.93. The Hall–Kier alpha value is -2.94. The van der Waals surface area contributed by atoms with E-state index in [4.69, 9.17) is 32.7 Å². The lowest BCUT2D eigenvalue weighted by molar-refractivity contribution is 0.102. The smallest absolute Gasteiger partial charge is 0.265 e. The molecule has 0 heterocycles. The number of methoxy groups -OCH3 is 2. The highest BCUT2D eigenvalue weighted by atomic mass is 35.5. The minimum Gasteiger partial charge on any atom is -0.497 e. The van der Waals surface area contributed by atoms with Crippen molar-refractivity contribution in [3.8, 4) is 11.5 Å². The van der Waals surface area contributed by atoms with Crippen LogP contribution in [0.4, 0.5) is 11.4 Å². The van der Waals surface area contributed by atoms with E-state index in [-0.39, 0.29) is 15.5 Å². The van der Waals surface area contributed by atoms with Gasteiger partial charge in [-0.05, 0) is 54.6 Å². The third-order valence-electron chi connectivity index (χ3n) is 4.68. The summed E-state index contributed by atoms with van der Waals surface area (Å²) in [5.74, 6) is 0.419. The molecule has 0 bridgehead atoms. The molecule has 0 aliphatic heterocycles. The summed E-state index contributed by atoms with van der Waals surface area (Å²) in [4.78, 5) is 12.6. The van der Waals surface area contributed by atoms with Crippen molar-refractivity contribution in [1.82, 2.24) is 0 Å². The second kappa shape index (κ2) is 9.68. The van der Waals surface area contributed by atoms with E-state index in [1.807, 2.05) is 0 Å². The first-order chi connectivity index (χ1) is 15.2. The monoisotopic (exact) mass is 494 g/mol. The molecule has 0 aliphatic rings. The van der Waals surface area contributed by atoms with Gasteiger partial charge in [0.25, 0.3) is 15.9 Å². The van der Waals surface area contributed by atoms with Crippen molar-refractivity contribution >= 4 is 50.5 Å². The molecule has 32 heavy (non-hydrogen) atoms. The van der Waals surface area contributed by atoms with Crippen molar-refractivity contribution in [1.29, 1.82) is 0 Å². The normalized spacial score (nSPS) is 11.0. The number of benzene rings is 3. The summed E-state index contributed by atoms with van der Waals surface area (Å²) in [6.07, 6.45) is 0. The number of anilines is 2. The van der Waals surface area contributed by atoms with Crippen molar-refractivity contribution in [2.75, 3.05) is 30.9 Å². The number of sulfonamides is 1. The van der Waals surface area contributed by atoms with Crippen molar-refractivity contribution in [3.63, 3.8) is 0 Å². The number of rotatable bonds is 7. The number of hydrogen-bond donors (Lipinski definition) is 1. The van der Waals surface area contributed by atoms with Gasteiger partial charge in [0.1, 0.15) is 16.4 Å². The Labute approximate surface area is 196 Å². The van der Waals surface area contributed by atoms with Crippen LogP contribution in [0.5, 0.6) is 11.5 Å². The quantitative estimate of drug-likeness (QED) is 0.494. The molecule has 0 atom stereocenters. The minimum absolute atomic E-state index is 0.00982. The summed E-state index contributed by atoms with van der Waals surface area (Å²) in [5.41, 5.74) is 0.898. The number of carbonyl (C=O) groups excluding carboxylic acids is 1. The zero-order valence-corrected chi connectivity index (χ0v) is 19.8. The zero-order chi connectivity index (χ0) is 23.5. The van der Waals surface area contributed by atoms with Gasteiger partial charge in [-0.2, -0.15) is 0 Å². The first kappa shape index (κ1) is 23.7. The number of halogens is 2. The predicted octanol–water partition coefficient (Wildman–Crippen LogP) is 5.09. The van der Waals surface area contributed by atoms with E-state index < -0.39 is 15.9 Å². The number of nitrogens with zero attached hydrogens (tertiary/aromatic N) is 1. The molecule has 7 nitrogen and oxygen atoms in total. The van der Waals surface area contributed by atoms with E-state index in [0.717, 1.165) is 4.31 Å². The first-order valence-electron chi connectivity index (χ1n) is 9.25. The van der Waals surface area contributed by atoms with E-state index >= 15 is 0 Å². The number of hydrogen-bond acceptors (Lipinski definition) is 5. The van der Waals surface area contributed by atoms with E-state index in [2.05, 4.69) is 5.32 Å². The summed E-state index contributed by atoms with van der Waals surface area (Å²) in [6, 6.07) is 15.2. The standard InChI is InChI=1S/C22H20Cl2N2O5S/c1-26(16-7-5-15(23)6-8-16)32(28,29)21-12-14(4-10-18(21)24)22(27)25-19-11-9-17(30-2)13-20(19)31-3/h4-13H,1-3H3,(H,25,27). The molecule has 0 aromatic heterocycles. The van der Waals surface area contributed by atoms with Crippen LogP contribution in [0.25, 0.3) is 0 Å². The molecule has 3 aromatic rings. The molecule has 0 radical (unpaired) electrons. The highest BCUT2D eigenvalue weighted by molar-refractivity contribution is 7.93. The number of carbonyl (C=O) groups is 1. The van der Waals surface area contributed by atoms with E-state index in [1.165, 1.54) is 39.5 Å². The van der Waals surface area contributed by atoms with Crippen LogP contribution < -0.4 is 19.1 Å². The molecule has 0 saturated heterocycles. The fourth-order valence-electron chi connectivity index (χ4n) is 2.88. The largest absolute Gasteiger partial charge is 0.497 e. The first-order valence-corrected chi connectivity index (χ1v) is 11.4. The van der Waals surface area contributed by atoms with Gasteiger partial charge in [0.05, 0.1) is 30.6 Å². The molecule has 0 unspecified atom stereocenters. The van der Waals surface area contributed by atoms with Crippen molar-refractivity contribution in [2.24, 2.45) is 0 Å². The Bertz CT molecular complexity index is 1250. The van der Waals surface area contributed by atoms with Gasteiger partial charge in [0.15, 0.2) is 0 Å². The maximum Gasteiger partial charge on any atom is 0.265 e. The van der Waals surface area contributed by atoms with Gasteiger partial charge in [-0.1, -0.05) is 23.2 Å². The Kier molecular flexibility index (Phi) is 7.18. The van der Waals surface area contributed by atoms with Crippen LogP contribution in [0.15, 0.2) is 65.6 Å². The topological polar surface area (TPSA) is 84.9 Å². The fraction of sp³-hybridized carbons (Fsp3) is 0.136. The molecule has 3 aromatic carbocycles. The van der Waals surface area contributed by atoms with Gasteiger partial charge in [-0.3, -0.25) is 9.10 Å². The summed E-state index contributed by atoms with van der Waals surface area (Å²) < 4.78 is 37.9. The van der Waals surface area contributed by atoms with Gasteiger partial charge in [-0.15, -0.1) is 0 Å². The molecule has 168 valence electrons. The van der Waals surface area contributed by atoms with Gasteiger partial charge in [0, 0.05) is 23.7 Å². The molecule has 10 heteroatoms. The van der Waals surface area contributed by atoms with Crippen molar-refractivity contribution in [2.45, 2.75) is 4.90 Å². The number of amides is 1. The van der Waals surface area contributed by atoms with Crippen LogP contribution in [-0.4, -0.2) is 35.6 Å². The van der Waals surface area contributed by atoms with Crippen molar-refractivity contribution in [3.05, 3.63) is 76.3 Å². The molecule has 3 rings (SSSR count). The highest BCUT2D eigenvalue weighted by Crippen LogP contribution is 2.31. The average Bonchev–Trinajstić information content (AvgIpc) is 2.79. The Morgan fingerprint density at radius 1 is 0.938 bits per heavy atom. The summed E-state index contributed by atoms with van der Waals surface area (Å²) in [6.45, 7) is 0. The van der Waals surface area contributed by atoms with Crippen LogP contribution in [-0.2, 0) is 10.0 Å². The maximum absolute atomic E-state index is 13.2. The van der Waals surface area contributed by atoms with Crippen molar-refractivity contribution < 1.29 is 22.7 Å². The molecule has 0 fully saturated rings. The number of ether oxygens (including phenoxy) is 2. The molecular weight excluding hydrogens is 475 g/mol. The second-order valence-electron chi connectivity index (χ2n) is 6.61.